The largest absolute Gasteiger partial charge is 0.461 e. The summed E-state index contributed by atoms with van der Waals surface area (Å²) < 4.78 is 5.23. The van der Waals surface area contributed by atoms with Gasteiger partial charge in [0.2, 0.25) is 5.91 Å². The number of hydrogen-bond donors (Lipinski definition) is 1. The number of rotatable bonds is 8. The van der Waals surface area contributed by atoms with Gasteiger partial charge >= 0.3 is 5.97 Å². The number of ether oxygens (including phenoxy) is 1. The maximum Gasteiger partial charge on any atom is 0.354 e. The van der Waals surface area contributed by atoms with Crippen molar-refractivity contribution >= 4 is 24.0 Å². The Bertz CT molecular complexity index is 764. The molecule has 2 aromatic carbocycles. The predicted molar refractivity (Wildman–Crippen MR) is 104 cm³/mol. The standard InChI is InChI=1S/C22H23NO3/c1-2-3-16-26-22(25)20(17-19-12-8-5-9-13-19)23-21(24)15-14-18-10-6-4-7-11-18/h4-15,17H,2-3,16H2,1H3,(H,23,24)/b15-14+,20-17+. The van der Waals surface area contributed by atoms with Crippen molar-refractivity contribution < 1.29 is 14.3 Å². The number of carbonyl (C=O) groups is 2. The molecule has 2 rings (SSSR count). The van der Waals surface area contributed by atoms with Gasteiger partial charge in [-0.2, -0.15) is 0 Å². The topological polar surface area (TPSA) is 55.4 Å². The van der Waals surface area contributed by atoms with E-state index in [-0.39, 0.29) is 11.6 Å². The molecule has 0 aliphatic carbocycles. The van der Waals surface area contributed by atoms with Crippen molar-refractivity contribution in [3.05, 3.63) is 83.6 Å². The molecule has 0 aliphatic heterocycles. The van der Waals surface area contributed by atoms with E-state index in [4.69, 9.17) is 4.74 Å². The lowest BCUT2D eigenvalue weighted by atomic mass is 10.2. The number of unbranched alkanes of at least 4 members (excludes halogenated alkanes) is 1. The first-order valence-corrected chi connectivity index (χ1v) is 8.67. The molecule has 2 aromatic rings. The van der Waals surface area contributed by atoms with Crippen LogP contribution in [-0.4, -0.2) is 18.5 Å². The first-order chi connectivity index (χ1) is 12.7. The van der Waals surface area contributed by atoms with E-state index < -0.39 is 5.97 Å². The lowest BCUT2D eigenvalue weighted by Gasteiger charge is -2.09. The minimum atomic E-state index is -0.538. The maximum absolute atomic E-state index is 12.3. The van der Waals surface area contributed by atoms with Gasteiger partial charge in [0.25, 0.3) is 0 Å². The molecular weight excluding hydrogens is 326 g/mol. The third-order valence-electron chi connectivity index (χ3n) is 3.55. The molecule has 0 saturated carbocycles. The minimum absolute atomic E-state index is 0.120. The van der Waals surface area contributed by atoms with Gasteiger partial charge in [0.1, 0.15) is 5.70 Å². The Morgan fingerprint density at radius 1 is 0.962 bits per heavy atom. The Labute approximate surface area is 154 Å². The quantitative estimate of drug-likeness (QED) is 0.441. The van der Waals surface area contributed by atoms with Crippen LogP contribution in [-0.2, 0) is 14.3 Å². The Morgan fingerprint density at radius 3 is 2.19 bits per heavy atom. The summed E-state index contributed by atoms with van der Waals surface area (Å²) in [6.45, 7) is 2.35. The van der Waals surface area contributed by atoms with E-state index in [1.807, 2.05) is 67.6 Å². The average molecular weight is 349 g/mol. The Morgan fingerprint density at radius 2 is 1.58 bits per heavy atom. The molecule has 134 valence electrons. The number of esters is 1. The lowest BCUT2D eigenvalue weighted by Crippen LogP contribution is -2.27. The van der Waals surface area contributed by atoms with E-state index in [1.165, 1.54) is 6.08 Å². The molecule has 0 aliphatic rings. The van der Waals surface area contributed by atoms with Crippen LogP contribution in [0.5, 0.6) is 0 Å². The Kier molecular flexibility index (Phi) is 7.87. The van der Waals surface area contributed by atoms with Gasteiger partial charge in [0, 0.05) is 6.08 Å². The number of carbonyl (C=O) groups excluding carboxylic acids is 2. The normalized spacial score (nSPS) is 11.3. The highest BCUT2D eigenvalue weighted by Crippen LogP contribution is 2.07. The Hall–Kier alpha value is -3.14. The second-order valence-electron chi connectivity index (χ2n) is 5.69. The summed E-state index contributed by atoms with van der Waals surface area (Å²) in [6, 6.07) is 18.8. The third kappa shape index (κ3) is 6.77. The fraction of sp³-hybridized carbons (Fsp3) is 0.182. The van der Waals surface area contributed by atoms with Crippen LogP contribution in [0.25, 0.3) is 12.2 Å². The first-order valence-electron chi connectivity index (χ1n) is 8.67. The summed E-state index contributed by atoms with van der Waals surface area (Å²) in [4.78, 5) is 24.5. The van der Waals surface area contributed by atoms with Crippen molar-refractivity contribution in [1.82, 2.24) is 5.32 Å². The van der Waals surface area contributed by atoms with Gasteiger partial charge in [0.05, 0.1) is 6.61 Å². The van der Waals surface area contributed by atoms with Gasteiger partial charge in [-0.05, 0) is 29.7 Å². The first kappa shape index (κ1) is 19.2. The summed E-state index contributed by atoms with van der Waals surface area (Å²) in [7, 11) is 0. The molecule has 4 heteroatoms. The minimum Gasteiger partial charge on any atom is -0.461 e. The van der Waals surface area contributed by atoms with Gasteiger partial charge < -0.3 is 10.1 Å². The van der Waals surface area contributed by atoms with Crippen molar-refractivity contribution in [3.63, 3.8) is 0 Å². The molecule has 0 aromatic heterocycles. The average Bonchev–Trinajstić information content (AvgIpc) is 2.67. The van der Waals surface area contributed by atoms with E-state index in [0.29, 0.717) is 6.61 Å². The van der Waals surface area contributed by atoms with Gasteiger partial charge in [-0.25, -0.2) is 4.79 Å². The van der Waals surface area contributed by atoms with Crippen molar-refractivity contribution in [2.45, 2.75) is 19.8 Å². The van der Waals surface area contributed by atoms with E-state index >= 15 is 0 Å². The molecule has 0 saturated heterocycles. The van der Waals surface area contributed by atoms with Crippen LogP contribution in [0.15, 0.2) is 72.4 Å². The van der Waals surface area contributed by atoms with Crippen LogP contribution in [0.3, 0.4) is 0 Å². The van der Waals surface area contributed by atoms with E-state index in [0.717, 1.165) is 24.0 Å². The lowest BCUT2D eigenvalue weighted by molar-refractivity contribution is -0.140. The highest BCUT2D eigenvalue weighted by atomic mass is 16.5. The molecule has 0 spiro atoms. The molecule has 0 bridgehead atoms. The van der Waals surface area contributed by atoms with E-state index in [9.17, 15) is 9.59 Å². The van der Waals surface area contributed by atoms with Crippen molar-refractivity contribution in [3.8, 4) is 0 Å². The summed E-state index contributed by atoms with van der Waals surface area (Å²) in [5.41, 5.74) is 1.83. The summed E-state index contributed by atoms with van der Waals surface area (Å²) in [5.74, 6) is -0.924. The molecule has 1 amide bonds. The zero-order valence-corrected chi connectivity index (χ0v) is 14.9. The second kappa shape index (κ2) is 10.7. The molecule has 4 nitrogen and oxygen atoms in total. The smallest absolute Gasteiger partial charge is 0.354 e. The molecule has 1 N–H and O–H groups in total. The molecule has 0 fully saturated rings. The van der Waals surface area contributed by atoms with Gasteiger partial charge in [-0.3, -0.25) is 4.79 Å². The highest BCUT2D eigenvalue weighted by molar-refractivity contribution is 6.02. The predicted octanol–water partition coefficient (Wildman–Crippen LogP) is 4.20. The van der Waals surface area contributed by atoms with Crippen LogP contribution in [0.4, 0.5) is 0 Å². The molecular formula is C22H23NO3. The SMILES string of the molecule is CCCCOC(=O)/C(=C\c1ccccc1)NC(=O)/C=C/c1ccccc1. The molecule has 0 atom stereocenters. The van der Waals surface area contributed by atoms with Gasteiger partial charge in [0.15, 0.2) is 0 Å². The van der Waals surface area contributed by atoms with Crippen LogP contribution in [0, 0.1) is 0 Å². The zero-order valence-electron chi connectivity index (χ0n) is 14.9. The molecule has 0 heterocycles. The third-order valence-corrected chi connectivity index (χ3v) is 3.55. The molecule has 0 radical (unpaired) electrons. The van der Waals surface area contributed by atoms with Crippen LogP contribution < -0.4 is 5.32 Å². The number of nitrogens with one attached hydrogen (secondary N) is 1. The summed E-state index contributed by atoms with van der Waals surface area (Å²) in [6.07, 6.45) is 6.41. The summed E-state index contributed by atoms with van der Waals surface area (Å²) in [5, 5.41) is 2.62. The van der Waals surface area contributed by atoms with Crippen molar-refractivity contribution in [2.75, 3.05) is 6.61 Å². The van der Waals surface area contributed by atoms with Crippen molar-refractivity contribution in [1.29, 1.82) is 0 Å². The maximum atomic E-state index is 12.3. The number of benzene rings is 2. The molecule has 0 unspecified atom stereocenters. The van der Waals surface area contributed by atoms with Gasteiger partial charge in [-0.1, -0.05) is 74.0 Å². The van der Waals surface area contributed by atoms with Crippen molar-refractivity contribution in [2.24, 2.45) is 0 Å². The second-order valence-corrected chi connectivity index (χ2v) is 5.69. The number of hydrogen-bond acceptors (Lipinski definition) is 3. The van der Waals surface area contributed by atoms with Gasteiger partial charge in [-0.15, -0.1) is 0 Å². The van der Waals surface area contributed by atoms with Crippen LogP contribution >= 0.6 is 0 Å². The van der Waals surface area contributed by atoms with E-state index in [1.54, 1.807) is 12.2 Å². The summed E-state index contributed by atoms with van der Waals surface area (Å²) >= 11 is 0. The zero-order chi connectivity index (χ0) is 18.6. The fourth-order valence-corrected chi connectivity index (χ4v) is 2.16. The monoisotopic (exact) mass is 349 g/mol. The number of amides is 1. The van der Waals surface area contributed by atoms with Crippen LogP contribution in [0.2, 0.25) is 0 Å². The highest BCUT2D eigenvalue weighted by Gasteiger charge is 2.13. The Balaban J connectivity index is 2.10. The molecule has 26 heavy (non-hydrogen) atoms. The fourth-order valence-electron chi connectivity index (χ4n) is 2.16. The van der Waals surface area contributed by atoms with Crippen LogP contribution in [0.1, 0.15) is 30.9 Å². The van der Waals surface area contributed by atoms with E-state index in [2.05, 4.69) is 5.32 Å².